The Balaban J connectivity index is 1.50. The maximum absolute atomic E-state index is 13.1. The average Bonchev–Trinajstić information content (AvgIpc) is 3.21. The van der Waals surface area contributed by atoms with Crippen LogP contribution in [0, 0.1) is 0 Å². The summed E-state index contributed by atoms with van der Waals surface area (Å²) >= 11 is 1.52. The number of rotatable bonds is 7. The van der Waals surface area contributed by atoms with Gasteiger partial charge in [-0.25, -0.2) is 0 Å². The van der Waals surface area contributed by atoms with Gasteiger partial charge in [0.05, 0.1) is 11.8 Å². The van der Waals surface area contributed by atoms with Crippen LogP contribution in [0.1, 0.15) is 38.9 Å². The molecule has 2 aromatic rings. The van der Waals surface area contributed by atoms with Crippen LogP contribution in [0.3, 0.4) is 0 Å². The number of aromatic nitrogens is 3. The Morgan fingerprint density at radius 2 is 1.68 bits per heavy atom. The molecule has 0 radical (unpaired) electrons. The van der Waals surface area contributed by atoms with Gasteiger partial charge < -0.3 is 9.80 Å². The Morgan fingerprint density at radius 1 is 0.968 bits per heavy atom. The summed E-state index contributed by atoms with van der Waals surface area (Å²) < 4.78 is 2.14. The van der Waals surface area contributed by atoms with Crippen molar-refractivity contribution in [2.24, 2.45) is 0 Å². The molecule has 0 bridgehead atoms. The van der Waals surface area contributed by atoms with Gasteiger partial charge in [0, 0.05) is 31.9 Å². The number of carbonyl (C=O) groups excluding carboxylic acids is 1. The SMILES string of the molecule is CCN1CCN(C(=O)[C@@H](C)Sc2nnc(CN3CCCCC3)n2-c2ccccc2)CC1. The van der Waals surface area contributed by atoms with Gasteiger partial charge in [0.1, 0.15) is 0 Å². The largest absolute Gasteiger partial charge is 0.339 e. The third-order valence-corrected chi connectivity index (χ3v) is 7.32. The second kappa shape index (κ2) is 10.6. The molecule has 0 N–H and O–H groups in total. The molecule has 168 valence electrons. The molecule has 2 aliphatic heterocycles. The van der Waals surface area contributed by atoms with Crippen LogP contribution in [0.4, 0.5) is 0 Å². The zero-order valence-electron chi connectivity index (χ0n) is 18.7. The average molecular weight is 443 g/mol. The molecule has 1 atom stereocenters. The number of piperazine rings is 1. The number of carbonyl (C=O) groups is 1. The Morgan fingerprint density at radius 3 is 2.35 bits per heavy atom. The number of hydrogen-bond acceptors (Lipinski definition) is 6. The third-order valence-electron chi connectivity index (χ3n) is 6.29. The normalized spacial score (nSPS) is 19.5. The summed E-state index contributed by atoms with van der Waals surface area (Å²) in [6, 6.07) is 10.3. The van der Waals surface area contributed by atoms with Crippen molar-refractivity contribution in [2.45, 2.75) is 50.1 Å². The first kappa shape index (κ1) is 22.3. The van der Waals surface area contributed by atoms with Crippen molar-refractivity contribution >= 4 is 17.7 Å². The molecular formula is C23H34N6OS. The lowest BCUT2D eigenvalue weighted by atomic mass is 10.1. The first-order valence-corrected chi connectivity index (χ1v) is 12.4. The van der Waals surface area contributed by atoms with Crippen LogP contribution in [0.2, 0.25) is 0 Å². The molecule has 2 fully saturated rings. The van der Waals surface area contributed by atoms with Gasteiger partial charge in [-0.05, 0) is 51.5 Å². The van der Waals surface area contributed by atoms with Crippen LogP contribution in [0.5, 0.6) is 0 Å². The van der Waals surface area contributed by atoms with Crippen LogP contribution >= 0.6 is 11.8 Å². The zero-order valence-corrected chi connectivity index (χ0v) is 19.6. The van der Waals surface area contributed by atoms with E-state index in [2.05, 4.69) is 43.6 Å². The summed E-state index contributed by atoms with van der Waals surface area (Å²) in [5, 5.41) is 9.68. The first-order valence-electron chi connectivity index (χ1n) is 11.6. The number of piperidine rings is 1. The summed E-state index contributed by atoms with van der Waals surface area (Å²) in [7, 11) is 0. The second-order valence-corrected chi connectivity index (χ2v) is 9.73. The molecular weight excluding hydrogens is 408 g/mol. The zero-order chi connectivity index (χ0) is 21.6. The number of amides is 1. The summed E-state index contributed by atoms with van der Waals surface area (Å²) in [6.45, 7) is 11.8. The highest BCUT2D eigenvalue weighted by atomic mass is 32.2. The smallest absolute Gasteiger partial charge is 0.235 e. The lowest BCUT2D eigenvalue weighted by Crippen LogP contribution is -2.50. The van der Waals surface area contributed by atoms with Gasteiger partial charge in [-0.3, -0.25) is 14.3 Å². The van der Waals surface area contributed by atoms with Crippen LogP contribution in [-0.4, -0.2) is 86.4 Å². The van der Waals surface area contributed by atoms with Gasteiger partial charge in [-0.1, -0.05) is 43.3 Å². The molecule has 0 aliphatic carbocycles. The maximum Gasteiger partial charge on any atom is 0.235 e. The van der Waals surface area contributed by atoms with Crippen LogP contribution < -0.4 is 0 Å². The highest BCUT2D eigenvalue weighted by Crippen LogP contribution is 2.28. The number of benzene rings is 1. The Labute approximate surface area is 189 Å². The van der Waals surface area contributed by atoms with Crippen LogP contribution in [-0.2, 0) is 11.3 Å². The molecule has 0 unspecified atom stereocenters. The molecule has 2 aliphatic rings. The first-order chi connectivity index (χ1) is 15.2. The molecule has 0 spiro atoms. The van der Waals surface area contributed by atoms with Crippen LogP contribution in [0.25, 0.3) is 5.69 Å². The van der Waals surface area contributed by atoms with Gasteiger partial charge in [0.25, 0.3) is 0 Å². The second-order valence-electron chi connectivity index (χ2n) is 8.43. The number of hydrogen-bond donors (Lipinski definition) is 0. The predicted octanol–water partition coefficient (Wildman–Crippen LogP) is 2.90. The lowest BCUT2D eigenvalue weighted by Gasteiger charge is -2.35. The van der Waals surface area contributed by atoms with Gasteiger partial charge >= 0.3 is 0 Å². The van der Waals surface area contributed by atoms with E-state index in [1.54, 1.807) is 0 Å². The van der Waals surface area contributed by atoms with E-state index in [0.29, 0.717) is 0 Å². The van der Waals surface area contributed by atoms with E-state index in [0.717, 1.165) is 69.0 Å². The van der Waals surface area contributed by atoms with Crippen molar-refractivity contribution in [1.82, 2.24) is 29.5 Å². The van der Waals surface area contributed by atoms with E-state index < -0.39 is 0 Å². The Hall–Kier alpha value is -1.90. The minimum atomic E-state index is -0.192. The van der Waals surface area contributed by atoms with Crippen molar-refractivity contribution in [2.75, 3.05) is 45.8 Å². The van der Waals surface area contributed by atoms with Crippen molar-refractivity contribution in [3.05, 3.63) is 36.2 Å². The number of para-hydroxylation sites is 1. The molecule has 1 aromatic heterocycles. The summed E-state index contributed by atoms with van der Waals surface area (Å²) in [5.41, 5.74) is 1.05. The summed E-state index contributed by atoms with van der Waals surface area (Å²) in [4.78, 5) is 19.9. The number of likely N-dealkylation sites (tertiary alicyclic amines) is 1. The molecule has 8 heteroatoms. The van der Waals surface area contributed by atoms with E-state index in [9.17, 15) is 4.79 Å². The molecule has 0 saturated carbocycles. The standard InChI is InChI=1S/C23H34N6OS/c1-3-26-14-16-28(17-15-26)22(30)19(2)31-23-25-24-21(18-27-12-8-5-9-13-27)29(23)20-10-6-4-7-11-20/h4,6-7,10-11,19H,3,5,8-9,12-18H2,1-2H3/t19-/m1/s1. The van der Waals surface area contributed by atoms with E-state index in [-0.39, 0.29) is 11.2 Å². The highest BCUT2D eigenvalue weighted by molar-refractivity contribution is 8.00. The van der Waals surface area contributed by atoms with Crippen molar-refractivity contribution in [3.8, 4) is 5.69 Å². The topological polar surface area (TPSA) is 57.5 Å². The molecule has 1 amide bonds. The van der Waals surface area contributed by atoms with E-state index >= 15 is 0 Å². The lowest BCUT2D eigenvalue weighted by molar-refractivity contribution is -0.132. The molecule has 3 heterocycles. The Kier molecular flexibility index (Phi) is 7.63. The van der Waals surface area contributed by atoms with Gasteiger partial charge in [0.2, 0.25) is 5.91 Å². The monoisotopic (exact) mass is 442 g/mol. The number of nitrogens with zero attached hydrogens (tertiary/aromatic N) is 6. The van der Waals surface area contributed by atoms with Crippen molar-refractivity contribution < 1.29 is 4.79 Å². The van der Waals surface area contributed by atoms with Gasteiger partial charge in [-0.2, -0.15) is 0 Å². The molecule has 7 nitrogen and oxygen atoms in total. The third kappa shape index (κ3) is 5.48. The minimum absolute atomic E-state index is 0.192. The van der Waals surface area contributed by atoms with Crippen molar-refractivity contribution in [3.63, 3.8) is 0 Å². The van der Waals surface area contributed by atoms with Crippen molar-refractivity contribution in [1.29, 1.82) is 0 Å². The molecule has 31 heavy (non-hydrogen) atoms. The van der Waals surface area contributed by atoms with E-state index in [1.165, 1.54) is 31.0 Å². The van der Waals surface area contributed by atoms with E-state index in [1.807, 2.05) is 30.0 Å². The fourth-order valence-electron chi connectivity index (χ4n) is 4.38. The fraction of sp³-hybridized carbons (Fsp3) is 0.609. The van der Waals surface area contributed by atoms with Gasteiger partial charge in [0.15, 0.2) is 11.0 Å². The molecule has 4 rings (SSSR count). The van der Waals surface area contributed by atoms with Gasteiger partial charge in [-0.15, -0.1) is 10.2 Å². The maximum atomic E-state index is 13.1. The van der Waals surface area contributed by atoms with Crippen LogP contribution in [0.15, 0.2) is 35.5 Å². The predicted molar refractivity (Wildman–Crippen MR) is 125 cm³/mol. The minimum Gasteiger partial charge on any atom is -0.339 e. The number of likely N-dealkylation sites (N-methyl/N-ethyl adjacent to an activating group) is 1. The van der Waals surface area contributed by atoms with E-state index in [4.69, 9.17) is 0 Å². The fourth-order valence-corrected chi connectivity index (χ4v) is 5.35. The summed E-state index contributed by atoms with van der Waals surface area (Å²) in [5.74, 6) is 1.15. The highest BCUT2D eigenvalue weighted by Gasteiger charge is 2.27. The Bertz CT molecular complexity index is 843. The molecule has 1 aromatic carbocycles. The number of thioether (sulfide) groups is 1. The molecule has 2 saturated heterocycles. The quantitative estimate of drug-likeness (QED) is 0.615. The summed E-state index contributed by atoms with van der Waals surface area (Å²) in [6.07, 6.45) is 3.81.